The highest BCUT2D eigenvalue weighted by Crippen LogP contribution is 2.21. The molecule has 2 N–H and O–H groups in total. The van der Waals surface area contributed by atoms with E-state index < -0.39 is 0 Å². The number of anilines is 1. The Balaban J connectivity index is 2.10. The van der Waals surface area contributed by atoms with Gasteiger partial charge in [0.25, 0.3) is 5.91 Å². The number of benzene rings is 1. The van der Waals surface area contributed by atoms with Gasteiger partial charge < -0.3 is 15.2 Å². The average molecular weight is 278 g/mol. The van der Waals surface area contributed by atoms with E-state index in [1.807, 2.05) is 36.1 Å². The maximum atomic E-state index is 11.6. The summed E-state index contributed by atoms with van der Waals surface area (Å²) >= 11 is 6.00. The van der Waals surface area contributed by atoms with Gasteiger partial charge in [0, 0.05) is 38.7 Å². The second kappa shape index (κ2) is 5.80. The highest BCUT2D eigenvalue weighted by molar-refractivity contribution is 6.34. The molecule has 0 aliphatic rings. The molecule has 19 heavy (non-hydrogen) atoms. The molecule has 100 valence electrons. The van der Waals surface area contributed by atoms with Crippen molar-refractivity contribution >= 4 is 23.2 Å². The summed E-state index contributed by atoms with van der Waals surface area (Å²) in [6.07, 6.45) is 4.04. The smallest absolute Gasteiger partial charge is 0.252 e. The quantitative estimate of drug-likeness (QED) is 0.902. The maximum absolute atomic E-state index is 11.6. The molecule has 0 spiro atoms. The van der Waals surface area contributed by atoms with E-state index in [4.69, 9.17) is 11.6 Å². The van der Waals surface area contributed by atoms with E-state index in [9.17, 15) is 4.79 Å². The van der Waals surface area contributed by atoms with Gasteiger partial charge in [-0.05, 0) is 29.8 Å². The molecule has 2 aromatic rings. The number of carbonyl (C=O) groups excluding carboxylic acids is 1. The van der Waals surface area contributed by atoms with Crippen LogP contribution in [0.3, 0.4) is 0 Å². The van der Waals surface area contributed by atoms with Gasteiger partial charge in [0.05, 0.1) is 10.6 Å². The number of carbonyl (C=O) groups is 1. The minimum atomic E-state index is -0.187. The molecule has 2 rings (SSSR count). The fourth-order valence-corrected chi connectivity index (χ4v) is 2.02. The first-order valence-electron chi connectivity index (χ1n) is 5.96. The molecule has 0 saturated heterocycles. The lowest BCUT2D eigenvalue weighted by atomic mass is 10.2. The van der Waals surface area contributed by atoms with E-state index in [-0.39, 0.29) is 5.91 Å². The third-order valence-electron chi connectivity index (χ3n) is 2.83. The molecule has 4 nitrogen and oxygen atoms in total. The lowest BCUT2D eigenvalue weighted by Gasteiger charge is -2.08. The van der Waals surface area contributed by atoms with Gasteiger partial charge in [-0.3, -0.25) is 4.79 Å². The lowest BCUT2D eigenvalue weighted by molar-refractivity contribution is 0.0963. The van der Waals surface area contributed by atoms with Crippen LogP contribution in [0.5, 0.6) is 0 Å². The van der Waals surface area contributed by atoms with E-state index in [1.165, 1.54) is 5.56 Å². The van der Waals surface area contributed by atoms with Gasteiger partial charge in [-0.2, -0.15) is 0 Å². The Morgan fingerprint density at radius 2 is 2.16 bits per heavy atom. The minimum Gasteiger partial charge on any atom is -0.381 e. The van der Waals surface area contributed by atoms with Gasteiger partial charge in [-0.1, -0.05) is 11.6 Å². The molecule has 1 heterocycles. The molecule has 0 bridgehead atoms. The molecule has 5 heteroatoms. The topological polar surface area (TPSA) is 46.1 Å². The van der Waals surface area contributed by atoms with Crippen molar-refractivity contribution in [1.82, 2.24) is 9.88 Å². The molecule has 1 amide bonds. The van der Waals surface area contributed by atoms with Crippen molar-refractivity contribution < 1.29 is 4.79 Å². The summed E-state index contributed by atoms with van der Waals surface area (Å²) in [5.41, 5.74) is 2.52. The first-order valence-corrected chi connectivity index (χ1v) is 6.34. The summed E-state index contributed by atoms with van der Waals surface area (Å²) in [6, 6.07) is 7.38. The van der Waals surface area contributed by atoms with Crippen LogP contribution in [-0.2, 0) is 13.6 Å². The van der Waals surface area contributed by atoms with Crippen LogP contribution in [0.15, 0.2) is 36.7 Å². The van der Waals surface area contributed by atoms with Gasteiger partial charge in [0.15, 0.2) is 0 Å². The van der Waals surface area contributed by atoms with Gasteiger partial charge in [-0.25, -0.2) is 0 Å². The van der Waals surface area contributed by atoms with Crippen molar-refractivity contribution in [2.45, 2.75) is 6.54 Å². The predicted octanol–water partition coefficient (Wildman–Crippen LogP) is 2.65. The molecule has 0 radical (unpaired) electrons. The van der Waals surface area contributed by atoms with Crippen molar-refractivity contribution in [2.75, 3.05) is 12.4 Å². The second-order valence-corrected chi connectivity index (χ2v) is 4.72. The third kappa shape index (κ3) is 3.29. The van der Waals surface area contributed by atoms with Crippen LogP contribution in [0.2, 0.25) is 5.02 Å². The molecule has 0 unspecified atom stereocenters. The van der Waals surface area contributed by atoms with E-state index in [0.717, 1.165) is 5.69 Å². The summed E-state index contributed by atoms with van der Waals surface area (Å²) in [7, 11) is 3.57. The zero-order valence-corrected chi connectivity index (χ0v) is 11.7. The number of nitrogens with one attached hydrogen (secondary N) is 2. The van der Waals surface area contributed by atoms with Crippen molar-refractivity contribution in [2.24, 2.45) is 7.05 Å². The molecule has 0 saturated carbocycles. The zero-order valence-electron chi connectivity index (χ0n) is 10.9. The number of aryl methyl sites for hydroxylation is 1. The Labute approximate surface area is 117 Å². The van der Waals surface area contributed by atoms with Gasteiger partial charge in [-0.15, -0.1) is 0 Å². The summed E-state index contributed by atoms with van der Waals surface area (Å²) < 4.78 is 1.99. The number of aromatic nitrogens is 1. The van der Waals surface area contributed by atoms with E-state index in [1.54, 1.807) is 19.2 Å². The third-order valence-corrected chi connectivity index (χ3v) is 3.16. The van der Waals surface area contributed by atoms with Crippen LogP contribution in [-0.4, -0.2) is 17.5 Å². The summed E-state index contributed by atoms with van der Waals surface area (Å²) in [6.45, 7) is 0.704. The molecule has 1 aromatic heterocycles. The normalized spacial score (nSPS) is 10.3. The number of rotatable bonds is 4. The van der Waals surface area contributed by atoms with E-state index in [0.29, 0.717) is 17.1 Å². The fourth-order valence-electron chi connectivity index (χ4n) is 1.81. The second-order valence-electron chi connectivity index (χ2n) is 4.31. The Morgan fingerprint density at radius 3 is 2.79 bits per heavy atom. The SMILES string of the molecule is CNC(=O)c1cc(NCc2ccn(C)c2)ccc1Cl. The largest absolute Gasteiger partial charge is 0.381 e. The molecular formula is C14H16ClN3O. The number of hydrogen-bond donors (Lipinski definition) is 2. The Bertz CT molecular complexity index is 592. The standard InChI is InChI=1S/C14H16ClN3O/c1-16-14(19)12-7-11(3-4-13(12)15)17-8-10-5-6-18(2)9-10/h3-7,9,17H,8H2,1-2H3,(H,16,19). The summed E-state index contributed by atoms with van der Waals surface area (Å²) in [4.78, 5) is 11.6. The number of halogens is 1. The van der Waals surface area contributed by atoms with Gasteiger partial charge in [0.2, 0.25) is 0 Å². The highest BCUT2D eigenvalue weighted by atomic mass is 35.5. The van der Waals surface area contributed by atoms with Crippen LogP contribution < -0.4 is 10.6 Å². The van der Waals surface area contributed by atoms with Crippen LogP contribution in [0.4, 0.5) is 5.69 Å². The molecule has 1 aromatic carbocycles. The monoisotopic (exact) mass is 277 g/mol. The predicted molar refractivity (Wildman–Crippen MR) is 77.6 cm³/mol. The van der Waals surface area contributed by atoms with Crippen LogP contribution in [0.1, 0.15) is 15.9 Å². The average Bonchev–Trinajstić information content (AvgIpc) is 2.83. The van der Waals surface area contributed by atoms with Crippen molar-refractivity contribution in [3.8, 4) is 0 Å². The van der Waals surface area contributed by atoms with Crippen LogP contribution >= 0.6 is 11.6 Å². The summed E-state index contributed by atoms with van der Waals surface area (Å²) in [5, 5.41) is 6.29. The van der Waals surface area contributed by atoms with Gasteiger partial charge >= 0.3 is 0 Å². The number of nitrogens with zero attached hydrogens (tertiary/aromatic N) is 1. The molecule has 0 aliphatic carbocycles. The van der Waals surface area contributed by atoms with E-state index >= 15 is 0 Å². The van der Waals surface area contributed by atoms with Crippen molar-refractivity contribution in [1.29, 1.82) is 0 Å². The first kappa shape index (κ1) is 13.5. The fraction of sp³-hybridized carbons (Fsp3) is 0.214. The zero-order chi connectivity index (χ0) is 13.8. The molecular weight excluding hydrogens is 262 g/mol. The minimum absolute atomic E-state index is 0.187. The van der Waals surface area contributed by atoms with Crippen LogP contribution in [0, 0.1) is 0 Å². The number of hydrogen-bond acceptors (Lipinski definition) is 2. The molecule has 0 atom stereocenters. The molecule has 0 fully saturated rings. The lowest BCUT2D eigenvalue weighted by Crippen LogP contribution is -2.18. The van der Waals surface area contributed by atoms with Gasteiger partial charge in [0.1, 0.15) is 0 Å². The highest BCUT2D eigenvalue weighted by Gasteiger charge is 2.09. The summed E-state index contributed by atoms with van der Waals surface area (Å²) in [5.74, 6) is -0.187. The Morgan fingerprint density at radius 1 is 1.37 bits per heavy atom. The Hall–Kier alpha value is -1.94. The van der Waals surface area contributed by atoms with Crippen LogP contribution in [0.25, 0.3) is 0 Å². The maximum Gasteiger partial charge on any atom is 0.252 e. The molecule has 0 aliphatic heterocycles. The van der Waals surface area contributed by atoms with E-state index in [2.05, 4.69) is 10.6 Å². The number of amides is 1. The van der Waals surface area contributed by atoms with Crippen molar-refractivity contribution in [3.05, 3.63) is 52.8 Å². The first-order chi connectivity index (χ1) is 9.10. The van der Waals surface area contributed by atoms with Crippen molar-refractivity contribution in [3.63, 3.8) is 0 Å². The Kier molecular flexibility index (Phi) is 4.12.